The Bertz CT molecular complexity index is 1040. The molecule has 0 spiro atoms. The first kappa shape index (κ1) is 27.3. The van der Waals surface area contributed by atoms with Crippen molar-refractivity contribution in [2.75, 3.05) is 0 Å². The van der Waals surface area contributed by atoms with Gasteiger partial charge in [0.1, 0.15) is 0 Å². The summed E-state index contributed by atoms with van der Waals surface area (Å²) >= 11 is 5.90. The molecule has 3 unspecified atom stereocenters. The number of benzene rings is 1. The highest BCUT2D eigenvalue weighted by Gasteiger charge is 2.50. The standard InChI is InChI=1S/C27H36ClNO6S/c28-20-12-14-21(15-13-20)36(33,34)29-22(16-11-18-7-3-1-4-8-18)25(30)24-26(31)23(35-27(24)32)17-19-9-5-2-6-10-19/h12-15,18-19,22-24,29H,1-11,16-17H2. The fraction of sp³-hybridized carbons (Fsp3) is 0.667. The summed E-state index contributed by atoms with van der Waals surface area (Å²) in [6.45, 7) is 0. The van der Waals surface area contributed by atoms with Crippen LogP contribution in [0, 0.1) is 17.8 Å². The number of rotatable bonds is 10. The molecule has 1 aromatic rings. The fourth-order valence-corrected chi connectivity index (χ4v) is 7.29. The molecule has 1 saturated heterocycles. The van der Waals surface area contributed by atoms with Crippen molar-refractivity contribution in [2.24, 2.45) is 17.8 Å². The second-order valence-electron chi connectivity index (χ2n) is 10.6. The Hall–Kier alpha value is -1.77. The van der Waals surface area contributed by atoms with Crippen LogP contribution in [0.5, 0.6) is 0 Å². The van der Waals surface area contributed by atoms with Gasteiger partial charge >= 0.3 is 5.97 Å². The third kappa shape index (κ3) is 6.75. The van der Waals surface area contributed by atoms with Crippen molar-refractivity contribution in [3.63, 3.8) is 0 Å². The lowest BCUT2D eigenvalue weighted by Crippen LogP contribution is -2.46. The summed E-state index contributed by atoms with van der Waals surface area (Å²) in [7, 11) is -4.07. The van der Waals surface area contributed by atoms with Gasteiger partial charge in [-0.3, -0.25) is 14.4 Å². The van der Waals surface area contributed by atoms with Crippen LogP contribution >= 0.6 is 11.6 Å². The van der Waals surface area contributed by atoms with Gasteiger partial charge in [-0.2, -0.15) is 0 Å². The van der Waals surface area contributed by atoms with Gasteiger partial charge in [-0.1, -0.05) is 75.8 Å². The molecule has 3 atom stereocenters. The van der Waals surface area contributed by atoms with Crippen molar-refractivity contribution in [3.8, 4) is 0 Å². The molecule has 4 rings (SSSR count). The Morgan fingerprint density at radius 1 is 0.944 bits per heavy atom. The zero-order chi connectivity index (χ0) is 25.7. The van der Waals surface area contributed by atoms with Crippen LogP contribution in [0.15, 0.2) is 29.2 Å². The highest BCUT2D eigenvalue weighted by molar-refractivity contribution is 7.89. The van der Waals surface area contributed by atoms with Crippen molar-refractivity contribution in [2.45, 2.75) is 101 Å². The number of hydrogen-bond acceptors (Lipinski definition) is 6. The van der Waals surface area contributed by atoms with E-state index in [9.17, 15) is 22.8 Å². The largest absolute Gasteiger partial charge is 0.453 e. The summed E-state index contributed by atoms with van der Waals surface area (Å²) in [5.74, 6) is -2.94. The van der Waals surface area contributed by atoms with E-state index in [0.717, 1.165) is 51.4 Å². The van der Waals surface area contributed by atoms with Crippen molar-refractivity contribution in [1.29, 1.82) is 0 Å². The molecule has 3 fully saturated rings. The number of ether oxygens (including phenoxy) is 1. The number of sulfonamides is 1. The molecule has 0 bridgehead atoms. The second kappa shape index (κ2) is 12.2. The maximum Gasteiger partial charge on any atom is 0.325 e. The summed E-state index contributed by atoms with van der Waals surface area (Å²) in [6.07, 6.45) is 11.3. The Balaban J connectivity index is 1.50. The molecule has 1 N–H and O–H groups in total. The maximum absolute atomic E-state index is 13.6. The van der Waals surface area contributed by atoms with E-state index in [2.05, 4.69) is 4.72 Å². The number of ketones is 2. The topological polar surface area (TPSA) is 107 Å². The van der Waals surface area contributed by atoms with Gasteiger partial charge in [0.2, 0.25) is 10.0 Å². The first-order valence-electron chi connectivity index (χ1n) is 13.3. The zero-order valence-electron chi connectivity index (χ0n) is 20.6. The Labute approximate surface area is 218 Å². The zero-order valence-corrected chi connectivity index (χ0v) is 22.2. The van der Waals surface area contributed by atoms with E-state index in [-0.39, 0.29) is 11.3 Å². The SMILES string of the molecule is O=C1OC(CC2CCCCC2)C(=O)C1C(=O)C(CCC1CCCCC1)NS(=O)(=O)c1ccc(Cl)cc1. The van der Waals surface area contributed by atoms with Crippen molar-refractivity contribution in [1.82, 2.24) is 4.72 Å². The summed E-state index contributed by atoms with van der Waals surface area (Å²) in [5.41, 5.74) is 0. The van der Waals surface area contributed by atoms with Gasteiger partial charge in [-0.25, -0.2) is 13.1 Å². The van der Waals surface area contributed by atoms with E-state index < -0.39 is 45.6 Å². The average molecular weight is 538 g/mol. The quantitative estimate of drug-likeness (QED) is 0.332. The molecular formula is C27H36ClNO6S. The molecule has 3 aliphatic rings. The Kier molecular flexibility index (Phi) is 9.23. The molecule has 1 aliphatic heterocycles. The molecule has 0 radical (unpaired) electrons. The van der Waals surface area contributed by atoms with Gasteiger partial charge < -0.3 is 4.74 Å². The van der Waals surface area contributed by atoms with Crippen LogP contribution < -0.4 is 4.72 Å². The van der Waals surface area contributed by atoms with E-state index in [1.807, 2.05) is 0 Å². The predicted molar refractivity (Wildman–Crippen MR) is 136 cm³/mol. The molecule has 2 saturated carbocycles. The first-order valence-corrected chi connectivity index (χ1v) is 15.2. The molecule has 36 heavy (non-hydrogen) atoms. The Morgan fingerprint density at radius 2 is 1.53 bits per heavy atom. The highest BCUT2D eigenvalue weighted by Crippen LogP contribution is 2.33. The monoisotopic (exact) mass is 537 g/mol. The lowest BCUT2D eigenvalue weighted by molar-refractivity contribution is -0.147. The van der Waals surface area contributed by atoms with Gasteiger partial charge in [-0.15, -0.1) is 0 Å². The molecule has 1 heterocycles. The van der Waals surface area contributed by atoms with Gasteiger partial charge in [0, 0.05) is 5.02 Å². The van der Waals surface area contributed by atoms with Gasteiger partial charge in [0.15, 0.2) is 23.6 Å². The minimum Gasteiger partial charge on any atom is -0.453 e. The lowest BCUT2D eigenvalue weighted by atomic mass is 9.82. The van der Waals surface area contributed by atoms with Gasteiger partial charge in [0.25, 0.3) is 0 Å². The third-order valence-corrected chi connectivity index (χ3v) is 9.75. The summed E-state index contributed by atoms with van der Waals surface area (Å²) in [4.78, 5) is 39.4. The lowest BCUT2D eigenvalue weighted by Gasteiger charge is -2.25. The summed E-state index contributed by atoms with van der Waals surface area (Å²) < 4.78 is 34.1. The Morgan fingerprint density at radius 3 is 2.14 bits per heavy atom. The van der Waals surface area contributed by atoms with E-state index in [1.165, 1.54) is 37.1 Å². The van der Waals surface area contributed by atoms with Crippen LogP contribution in [0.1, 0.15) is 83.5 Å². The number of hydrogen-bond donors (Lipinski definition) is 1. The summed E-state index contributed by atoms with van der Waals surface area (Å²) in [5, 5.41) is 0.391. The molecule has 198 valence electrons. The number of halogens is 1. The molecular weight excluding hydrogens is 502 g/mol. The number of carbonyl (C=O) groups is 3. The normalized spacial score (nSPS) is 25.0. The van der Waals surface area contributed by atoms with Crippen LogP contribution in [0.3, 0.4) is 0 Å². The molecule has 1 aromatic carbocycles. The first-order chi connectivity index (χ1) is 17.2. The molecule has 9 heteroatoms. The molecule has 2 aliphatic carbocycles. The molecule has 0 aromatic heterocycles. The number of esters is 1. The van der Waals surface area contributed by atoms with Crippen LogP contribution in [0.4, 0.5) is 0 Å². The van der Waals surface area contributed by atoms with Crippen molar-refractivity contribution in [3.05, 3.63) is 29.3 Å². The van der Waals surface area contributed by atoms with E-state index in [1.54, 1.807) is 0 Å². The third-order valence-electron chi connectivity index (χ3n) is 8.01. The number of cyclic esters (lactones) is 1. The summed E-state index contributed by atoms with van der Waals surface area (Å²) in [6, 6.07) is 4.47. The van der Waals surface area contributed by atoms with Gasteiger partial charge in [0.05, 0.1) is 10.9 Å². The number of Topliss-reactive ketones (excluding diaryl/α,β-unsaturated/α-hetero) is 2. The van der Waals surface area contributed by atoms with Crippen LogP contribution in [-0.4, -0.2) is 38.1 Å². The second-order valence-corrected chi connectivity index (χ2v) is 12.8. The van der Waals surface area contributed by atoms with Crippen LogP contribution in [0.25, 0.3) is 0 Å². The minimum atomic E-state index is -4.07. The fourth-order valence-electron chi connectivity index (χ4n) is 5.92. The van der Waals surface area contributed by atoms with Crippen LogP contribution in [-0.2, 0) is 29.1 Å². The number of carbonyl (C=O) groups excluding carboxylic acids is 3. The van der Waals surface area contributed by atoms with E-state index in [0.29, 0.717) is 29.7 Å². The van der Waals surface area contributed by atoms with Crippen LogP contribution in [0.2, 0.25) is 5.02 Å². The smallest absolute Gasteiger partial charge is 0.325 e. The maximum atomic E-state index is 13.6. The van der Waals surface area contributed by atoms with E-state index in [4.69, 9.17) is 16.3 Å². The minimum absolute atomic E-state index is 0.0298. The van der Waals surface area contributed by atoms with Gasteiger partial charge in [-0.05, 0) is 55.4 Å². The highest BCUT2D eigenvalue weighted by atomic mass is 35.5. The van der Waals surface area contributed by atoms with E-state index >= 15 is 0 Å². The number of nitrogens with one attached hydrogen (secondary N) is 1. The average Bonchev–Trinajstić information content (AvgIpc) is 3.15. The predicted octanol–water partition coefficient (Wildman–Crippen LogP) is 5.00. The molecule has 0 amide bonds. The van der Waals surface area contributed by atoms with Crippen molar-refractivity contribution < 1.29 is 27.5 Å². The molecule has 7 nitrogen and oxygen atoms in total. The van der Waals surface area contributed by atoms with Crippen molar-refractivity contribution >= 4 is 39.2 Å².